The van der Waals surface area contributed by atoms with Gasteiger partial charge in [0.15, 0.2) is 0 Å². The summed E-state index contributed by atoms with van der Waals surface area (Å²) in [5, 5.41) is 17.1. The topological polar surface area (TPSA) is 53.6 Å². The highest BCUT2D eigenvalue weighted by atomic mass is 15.3. The number of fused-ring (bicyclic) bond motifs is 1. The largest absolute Gasteiger partial charge is 0.365 e. The average molecular weight is 250 g/mol. The average Bonchev–Trinajstić information content (AvgIpc) is 2.85. The van der Waals surface area contributed by atoms with E-state index in [0.29, 0.717) is 12.1 Å². The molecule has 0 atom stereocenters. The van der Waals surface area contributed by atoms with E-state index in [9.17, 15) is 5.26 Å². The van der Waals surface area contributed by atoms with Crippen LogP contribution >= 0.6 is 0 Å². The third-order valence-electron chi connectivity index (χ3n) is 3.27. The van der Waals surface area contributed by atoms with Gasteiger partial charge in [0.05, 0.1) is 11.4 Å². The Balaban J connectivity index is 2.16. The molecule has 0 aliphatic carbocycles. The SMILES string of the molecule is CCc1nn2c(c1C#N)NCC=C2c1ccccc1. The van der Waals surface area contributed by atoms with Crippen molar-refractivity contribution in [2.45, 2.75) is 13.3 Å². The molecule has 2 aromatic rings. The van der Waals surface area contributed by atoms with Crippen molar-refractivity contribution < 1.29 is 0 Å². The third kappa shape index (κ3) is 1.80. The van der Waals surface area contributed by atoms with Crippen LogP contribution in [0.25, 0.3) is 5.70 Å². The molecular formula is C15H14N4. The van der Waals surface area contributed by atoms with Gasteiger partial charge in [-0.05, 0) is 18.1 Å². The van der Waals surface area contributed by atoms with Gasteiger partial charge in [-0.3, -0.25) is 0 Å². The Morgan fingerprint density at radius 1 is 1.37 bits per heavy atom. The van der Waals surface area contributed by atoms with Crippen molar-refractivity contribution in [3.8, 4) is 6.07 Å². The minimum Gasteiger partial charge on any atom is -0.365 e. The van der Waals surface area contributed by atoms with Crippen LogP contribution in [0.2, 0.25) is 0 Å². The first-order chi connectivity index (χ1) is 9.35. The molecule has 1 aromatic carbocycles. The van der Waals surface area contributed by atoms with Crippen LogP contribution in [0.4, 0.5) is 5.82 Å². The van der Waals surface area contributed by atoms with Crippen LogP contribution in [0.3, 0.4) is 0 Å². The van der Waals surface area contributed by atoms with Crippen molar-refractivity contribution in [2.24, 2.45) is 0 Å². The number of anilines is 1. The Labute approximate surface area is 112 Å². The smallest absolute Gasteiger partial charge is 0.148 e. The number of nitriles is 1. The Morgan fingerprint density at radius 3 is 2.84 bits per heavy atom. The van der Waals surface area contributed by atoms with Gasteiger partial charge in [0, 0.05) is 6.54 Å². The summed E-state index contributed by atoms with van der Waals surface area (Å²) in [6.45, 7) is 2.73. The molecule has 0 spiro atoms. The standard InChI is InChI=1S/C15H14N4/c1-2-13-12(10-16)15-17-9-8-14(19(15)18-13)11-6-4-3-5-7-11/h3-8,17H,2,9H2,1H3. The quantitative estimate of drug-likeness (QED) is 0.891. The molecule has 0 bridgehead atoms. The zero-order valence-corrected chi connectivity index (χ0v) is 10.7. The van der Waals surface area contributed by atoms with Crippen molar-refractivity contribution >= 4 is 11.5 Å². The highest BCUT2D eigenvalue weighted by Crippen LogP contribution is 2.29. The summed E-state index contributed by atoms with van der Waals surface area (Å²) >= 11 is 0. The highest BCUT2D eigenvalue weighted by Gasteiger charge is 2.21. The number of nitrogens with one attached hydrogen (secondary N) is 1. The Kier molecular flexibility index (Phi) is 2.81. The molecule has 4 heteroatoms. The van der Waals surface area contributed by atoms with Crippen LogP contribution in [0.1, 0.15) is 23.7 Å². The summed E-state index contributed by atoms with van der Waals surface area (Å²) in [5.41, 5.74) is 3.64. The molecule has 19 heavy (non-hydrogen) atoms. The van der Waals surface area contributed by atoms with Gasteiger partial charge in [0.1, 0.15) is 17.5 Å². The molecule has 0 radical (unpaired) electrons. The predicted molar refractivity (Wildman–Crippen MR) is 74.6 cm³/mol. The number of hydrogen-bond acceptors (Lipinski definition) is 3. The Morgan fingerprint density at radius 2 is 2.16 bits per heavy atom. The fraction of sp³-hybridized carbons (Fsp3) is 0.200. The third-order valence-corrected chi connectivity index (χ3v) is 3.27. The predicted octanol–water partition coefficient (Wildman–Crippen LogP) is 2.63. The van der Waals surface area contributed by atoms with E-state index in [-0.39, 0.29) is 0 Å². The maximum Gasteiger partial charge on any atom is 0.148 e. The molecule has 0 amide bonds. The molecule has 1 aliphatic rings. The van der Waals surface area contributed by atoms with Crippen molar-refractivity contribution in [1.29, 1.82) is 5.26 Å². The fourth-order valence-electron chi connectivity index (χ4n) is 2.35. The van der Waals surface area contributed by atoms with E-state index in [1.165, 1.54) is 0 Å². The van der Waals surface area contributed by atoms with Gasteiger partial charge in [0.2, 0.25) is 0 Å². The van der Waals surface area contributed by atoms with Gasteiger partial charge in [-0.2, -0.15) is 10.4 Å². The van der Waals surface area contributed by atoms with E-state index >= 15 is 0 Å². The van der Waals surface area contributed by atoms with Gasteiger partial charge in [0.25, 0.3) is 0 Å². The first-order valence-electron chi connectivity index (χ1n) is 6.37. The fourth-order valence-corrected chi connectivity index (χ4v) is 2.35. The first-order valence-corrected chi connectivity index (χ1v) is 6.37. The molecule has 94 valence electrons. The van der Waals surface area contributed by atoms with E-state index in [4.69, 9.17) is 0 Å². The van der Waals surface area contributed by atoms with Crippen molar-refractivity contribution in [3.05, 3.63) is 53.2 Å². The molecule has 3 rings (SSSR count). The van der Waals surface area contributed by atoms with E-state index in [2.05, 4.69) is 34.7 Å². The summed E-state index contributed by atoms with van der Waals surface area (Å²) in [6.07, 6.45) is 2.85. The highest BCUT2D eigenvalue weighted by molar-refractivity contribution is 5.74. The van der Waals surface area contributed by atoms with Crippen molar-refractivity contribution in [3.63, 3.8) is 0 Å². The van der Waals surface area contributed by atoms with Gasteiger partial charge in [-0.15, -0.1) is 0 Å². The van der Waals surface area contributed by atoms with Crippen LogP contribution in [0.15, 0.2) is 36.4 Å². The second kappa shape index (κ2) is 4.62. The molecule has 0 unspecified atom stereocenters. The molecule has 1 N–H and O–H groups in total. The molecule has 1 aliphatic heterocycles. The van der Waals surface area contributed by atoms with E-state index < -0.39 is 0 Å². The normalized spacial score (nSPS) is 13.2. The lowest BCUT2D eigenvalue weighted by atomic mass is 10.1. The van der Waals surface area contributed by atoms with E-state index in [0.717, 1.165) is 29.2 Å². The lowest BCUT2D eigenvalue weighted by Crippen LogP contribution is -2.15. The second-order valence-electron chi connectivity index (χ2n) is 4.38. The monoisotopic (exact) mass is 250 g/mol. The van der Waals surface area contributed by atoms with Gasteiger partial charge < -0.3 is 5.32 Å². The summed E-state index contributed by atoms with van der Waals surface area (Å²) in [6, 6.07) is 12.4. The lowest BCUT2D eigenvalue weighted by Gasteiger charge is -2.17. The summed E-state index contributed by atoms with van der Waals surface area (Å²) < 4.78 is 1.84. The van der Waals surface area contributed by atoms with Gasteiger partial charge in [-0.25, -0.2) is 4.68 Å². The molecule has 4 nitrogen and oxygen atoms in total. The van der Waals surface area contributed by atoms with E-state index in [1.54, 1.807) is 0 Å². The first kappa shape index (κ1) is 11.5. The van der Waals surface area contributed by atoms with Crippen molar-refractivity contribution in [2.75, 3.05) is 11.9 Å². The second-order valence-corrected chi connectivity index (χ2v) is 4.38. The minimum atomic E-state index is 0.657. The molecule has 1 aromatic heterocycles. The zero-order valence-electron chi connectivity index (χ0n) is 10.7. The van der Waals surface area contributed by atoms with Crippen LogP contribution in [-0.4, -0.2) is 16.3 Å². The summed E-state index contributed by atoms with van der Waals surface area (Å²) in [7, 11) is 0. The van der Waals surface area contributed by atoms with Crippen LogP contribution in [-0.2, 0) is 6.42 Å². The number of benzene rings is 1. The summed E-state index contributed by atoms with van der Waals surface area (Å²) in [5.74, 6) is 0.806. The number of nitrogens with zero attached hydrogens (tertiary/aromatic N) is 3. The molecular weight excluding hydrogens is 236 g/mol. The zero-order chi connectivity index (χ0) is 13.2. The number of aromatic nitrogens is 2. The number of aryl methyl sites for hydroxylation is 1. The van der Waals surface area contributed by atoms with Crippen LogP contribution in [0.5, 0.6) is 0 Å². The molecule has 0 saturated heterocycles. The molecule has 0 fully saturated rings. The van der Waals surface area contributed by atoms with E-state index in [1.807, 2.05) is 29.8 Å². The van der Waals surface area contributed by atoms with Crippen LogP contribution < -0.4 is 5.32 Å². The molecule has 2 heterocycles. The Bertz CT molecular complexity index is 674. The number of rotatable bonds is 2. The minimum absolute atomic E-state index is 0.657. The maximum atomic E-state index is 9.29. The van der Waals surface area contributed by atoms with Crippen molar-refractivity contribution in [1.82, 2.24) is 9.78 Å². The van der Waals surface area contributed by atoms with Gasteiger partial charge >= 0.3 is 0 Å². The lowest BCUT2D eigenvalue weighted by molar-refractivity contribution is 0.849. The van der Waals surface area contributed by atoms with Crippen LogP contribution in [0, 0.1) is 11.3 Å². The van der Waals surface area contributed by atoms with Gasteiger partial charge in [-0.1, -0.05) is 37.3 Å². The Hall–Kier alpha value is -2.54. The number of hydrogen-bond donors (Lipinski definition) is 1. The maximum absolute atomic E-state index is 9.29. The molecule has 0 saturated carbocycles. The summed E-state index contributed by atoms with van der Waals surface area (Å²) in [4.78, 5) is 0.